The fraction of sp³-hybridized carbons (Fsp3) is 0.0833. The second kappa shape index (κ2) is 10.2. The first kappa shape index (κ1) is 26.1. The van der Waals surface area contributed by atoms with Crippen molar-refractivity contribution >= 4 is 34.3 Å². The number of rotatable bonds is 7. The largest absolute Gasteiger partial charge is 0.449 e. The van der Waals surface area contributed by atoms with Crippen molar-refractivity contribution in [3.05, 3.63) is 92.9 Å². The quantitative estimate of drug-likeness (QED) is 0.237. The van der Waals surface area contributed by atoms with Crippen LogP contribution < -0.4 is 16.0 Å². The number of allylic oxidation sites excluding steroid dienone is 1. The van der Waals surface area contributed by atoms with E-state index in [4.69, 9.17) is 32.7 Å². The summed E-state index contributed by atoms with van der Waals surface area (Å²) in [5.74, 6) is -2.53. The topological polar surface area (TPSA) is 164 Å². The highest BCUT2D eigenvalue weighted by atomic mass is 35.5. The minimum Gasteiger partial charge on any atom is -0.449 e. The molecule has 0 saturated carbocycles. The number of carbonyl (C=O) groups excluding carboxylic acids is 1. The van der Waals surface area contributed by atoms with Crippen LogP contribution >= 0.6 is 11.6 Å². The van der Waals surface area contributed by atoms with Gasteiger partial charge >= 0.3 is 6.18 Å². The number of nitrogens with zero attached hydrogens (tertiary/aromatic N) is 4. The number of fused-ring (bicyclic) bond motifs is 1. The maximum absolute atomic E-state index is 13.6. The third-order valence-corrected chi connectivity index (χ3v) is 5.43. The van der Waals surface area contributed by atoms with Gasteiger partial charge in [0.25, 0.3) is 5.56 Å². The number of pyridine rings is 1. The molecule has 0 fully saturated rings. The minimum atomic E-state index is -5.07. The van der Waals surface area contributed by atoms with Crippen LogP contribution in [-0.4, -0.2) is 31.1 Å². The van der Waals surface area contributed by atoms with Crippen LogP contribution in [0.5, 0.6) is 11.5 Å². The Labute approximate surface area is 216 Å². The Morgan fingerprint density at radius 3 is 2.74 bits per heavy atom. The average Bonchev–Trinajstić information content (AvgIpc) is 3.33. The van der Waals surface area contributed by atoms with Gasteiger partial charge in [0.05, 0.1) is 30.2 Å². The molecule has 4 N–H and O–H groups in total. The number of nitrogens with one attached hydrogen (secondary N) is 2. The van der Waals surface area contributed by atoms with Crippen molar-refractivity contribution in [3.8, 4) is 17.6 Å². The van der Waals surface area contributed by atoms with Crippen LogP contribution in [0.1, 0.15) is 16.8 Å². The molecule has 0 spiro atoms. The van der Waals surface area contributed by atoms with Crippen molar-refractivity contribution in [2.75, 3.05) is 0 Å². The molecular weight excluding hydrogens is 527 g/mol. The standard InChI is InChI=1S/C24H15ClF3N7O3/c25-14-5-12(9-29)6-15(8-14)38-19-20(24(26,27)28)34-11-35(23(19)37)10-13(21(31)36)7-18(30)16-1-3-32-22-17(16)2-4-33-22/h1-8,11,30H,10H2,(H2,31,36)(H,32,33)/b13-7-,30-18?. The van der Waals surface area contributed by atoms with Crippen LogP contribution in [0.2, 0.25) is 5.02 Å². The van der Waals surface area contributed by atoms with Crippen LogP contribution in [0.4, 0.5) is 13.2 Å². The summed E-state index contributed by atoms with van der Waals surface area (Å²) >= 11 is 5.89. The second-order valence-corrected chi connectivity index (χ2v) is 8.22. The van der Waals surface area contributed by atoms with Gasteiger partial charge in [0.1, 0.15) is 11.4 Å². The molecule has 4 rings (SSSR count). The van der Waals surface area contributed by atoms with E-state index in [-0.39, 0.29) is 27.6 Å². The Balaban J connectivity index is 1.76. The Hall–Kier alpha value is -4.96. The van der Waals surface area contributed by atoms with Crippen LogP contribution in [-0.2, 0) is 17.5 Å². The summed E-state index contributed by atoms with van der Waals surface area (Å²) in [5.41, 5.74) is 2.98. The molecule has 4 aromatic rings. The van der Waals surface area contributed by atoms with Gasteiger partial charge in [-0.25, -0.2) is 9.97 Å². The van der Waals surface area contributed by atoms with Gasteiger partial charge in [0.2, 0.25) is 11.7 Å². The number of aromatic nitrogens is 4. The summed E-state index contributed by atoms with van der Waals surface area (Å²) in [4.78, 5) is 35.6. The van der Waals surface area contributed by atoms with Gasteiger partial charge in [-0.15, -0.1) is 0 Å². The fourth-order valence-corrected chi connectivity index (χ4v) is 3.73. The highest BCUT2D eigenvalue weighted by Gasteiger charge is 2.39. The van der Waals surface area contributed by atoms with Crippen molar-refractivity contribution in [1.29, 1.82) is 10.7 Å². The van der Waals surface area contributed by atoms with Gasteiger partial charge in [-0.05, 0) is 36.4 Å². The zero-order valence-electron chi connectivity index (χ0n) is 19.0. The molecule has 0 atom stereocenters. The first-order valence-corrected chi connectivity index (χ1v) is 10.9. The van der Waals surface area contributed by atoms with Gasteiger partial charge in [-0.1, -0.05) is 11.6 Å². The van der Waals surface area contributed by atoms with Crippen LogP contribution in [0.25, 0.3) is 11.0 Å². The molecule has 0 aliphatic heterocycles. The van der Waals surface area contributed by atoms with Crippen molar-refractivity contribution in [3.63, 3.8) is 0 Å². The third-order valence-electron chi connectivity index (χ3n) is 5.21. The summed E-state index contributed by atoms with van der Waals surface area (Å²) in [7, 11) is 0. The third kappa shape index (κ3) is 5.40. The van der Waals surface area contributed by atoms with Gasteiger partial charge in [-0.2, -0.15) is 18.4 Å². The number of ether oxygens (including phenoxy) is 1. The summed E-state index contributed by atoms with van der Waals surface area (Å²) in [6.07, 6.45) is -0.319. The molecule has 0 unspecified atom stereocenters. The molecule has 0 saturated heterocycles. The number of amides is 1. The Morgan fingerprint density at radius 2 is 2.05 bits per heavy atom. The lowest BCUT2D eigenvalue weighted by atomic mass is 10.0. The van der Waals surface area contributed by atoms with E-state index >= 15 is 0 Å². The van der Waals surface area contributed by atoms with Crippen molar-refractivity contribution in [2.24, 2.45) is 5.73 Å². The predicted molar refractivity (Wildman–Crippen MR) is 130 cm³/mol. The van der Waals surface area contributed by atoms with Crippen molar-refractivity contribution in [2.45, 2.75) is 12.7 Å². The number of carbonyl (C=O) groups is 1. The molecule has 1 amide bonds. The number of alkyl halides is 3. The summed E-state index contributed by atoms with van der Waals surface area (Å²) in [5, 5.41) is 18.1. The molecule has 38 heavy (non-hydrogen) atoms. The highest BCUT2D eigenvalue weighted by Crippen LogP contribution is 2.35. The first-order chi connectivity index (χ1) is 18.0. The van der Waals surface area contributed by atoms with E-state index in [1.807, 2.05) is 0 Å². The van der Waals surface area contributed by atoms with Gasteiger partial charge in [0.15, 0.2) is 5.69 Å². The molecule has 0 bridgehead atoms. The van der Waals surface area contributed by atoms with E-state index in [0.717, 1.165) is 18.2 Å². The summed E-state index contributed by atoms with van der Waals surface area (Å²) in [6, 6.07) is 8.44. The highest BCUT2D eigenvalue weighted by molar-refractivity contribution is 6.30. The maximum atomic E-state index is 13.6. The second-order valence-electron chi connectivity index (χ2n) is 7.79. The first-order valence-electron chi connectivity index (χ1n) is 10.5. The molecule has 14 heteroatoms. The van der Waals surface area contributed by atoms with E-state index in [1.54, 1.807) is 18.3 Å². The molecule has 0 radical (unpaired) electrons. The number of halogens is 4. The number of aromatic amines is 1. The molecule has 0 aliphatic carbocycles. The number of nitriles is 1. The fourth-order valence-electron chi connectivity index (χ4n) is 3.51. The smallest absolute Gasteiger partial charge is 0.437 e. The SMILES string of the molecule is N#Cc1cc(Cl)cc(Oc2c(C(F)(F)F)ncn(C/C(=C/C(=N)c3ccnc4[nH]ccc34)C(N)=O)c2=O)c1. The van der Waals surface area contributed by atoms with E-state index in [9.17, 15) is 22.8 Å². The molecule has 0 aliphatic rings. The lowest BCUT2D eigenvalue weighted by Crippen LogP contribution is -2.29. The molecular formula is C24H15ClF3N7O3. The molecule has 1 aromatic carbocycles. The lowest BCUT2D eigenvalue weighted by molar-refractivity contribution is -0.142. The maximum Gasteiger partial charge on any atom is 0.437 e. The predicted octanol–water partition coefficient (Wildman–Crippen LogP) is 3.94. The van der Waals surface area contributed by atoms with E-state index < -0.39 is 35.6 Å². The van der Waals surface area contributed by atoms with E-state index in [1.165, 1.54) is 18.3 Å². The molecule has 192 valence electrons. The Bertz CT molecular complexity index is 1720. The number of primary amides is 1. The normalized spacial score (nSPS) is 11.8. The number of hydrogen-bond acceptors (Lipinski definition) is 7. The van der Waals surface area contributed by atoms with Crippen LogP contribution in [0.15, 0.2) is 65.5 Å². The van der Waals surface area contributed by atoms with Gasteiger partial charge in [0, 0.05) is 33.9 Å². The zero-order chi connectivity index (χ0) is 27.6. The van der Waals surface area contributed by atoms with E-state index in [0.29, 0.717) is 27.5 Å². The lowest BCUT2D eigenvalue weighted by Gasteiger charge is -2.15. The number of nitrogens with two attached hydrogens (primary N) is 1. The van der Waals surface area contributed by atoms with Crippen molar-refractivity contribution in [1.82, 2.24) is 19.5 Å². The van der Waals surface area contributed by atoms with Gasteiger partial charge < -0.3 is 20.9 Å². The van der Waals surface area contributed by atoms with E-state index in [2.05, 4.69) is 15.0 Å². The summed E-state index contributed by atoms with van der Waals surface area (Å²) in [6.45, 7) is -0.613. The van der Waals surface area contributed by atoms with Crippen molar-refractivity contribution < 1.29 is 22.7 Å². The van der Waals surface area contributed by atoms with Crippen LogP contribution in [0.3, 0.4) is 0 Å². The number of hydrogen-bond donors (Lipinski definition) is 3. The van der Waals surface area contributed by atoms with Gasteiger partial charge in [-0.3, -0.25) is 14.2 Å². The monoisotopic (exact) mass is 541 g/mol. The number of H-pyrrole nitrogens is 1. The average molecular weight is 542 g/mol. The number of benzene rings is 1. The molecule has 3 aromatic heterocycles. The minimum absolute atomic E-state index is 0.0121. The molecule has 3 heterocycles. The Kier molecular flexibility index (Phi) is 7.00. The molecule has 10 nitrogen and oxygen atoms in total. The zero-order valence-corrected chi connectivity index (χ0v) is 19.8. The summed E-state index contributed by atoms with van der Waals surface area (Å²) < 4.78 is 46.9. The Morgan fingerprint density at radius 1 is 1.29 bits per heavy atom. The van der Waals surface area contributed by atoms with Crippen LogP contribution in [0, 0.1) is 16.7 Å².